The van der Waals surface area contributed by atoms with Crippen LogP contribution in [-0.2, 0) is 6.18 Å². The summed E-state index contributed by atoms with van der Waals surface area (Å²) >= 11 is 0. The van der Waals surface area contributed by atoms with Gasteiger partial charge in [0.2, 0.25) is 0 Å². The molecule has 0 unspecified atom stereocenters. The van der Waals surface area contributed by atoms with Gasteiger partial charge >= 0.3 is 12.1 Å². The zero-order valence-corrected chi connectivity index (χ0v) is 10.2. The Morgan fingerprint density at radius 3 is 2.24 bits per heavy atom. The van der Waals surface area contributed by atoms with E-state index >= 15 is 0 Å². The van der Waals surface area contributed by atoms with Gasteiger partial charge in [-0.1, -0.05) is 0 Å². The average molecular weight is 302 g/mol. The molecule has 2 rings (SSSR count). The van der Waals surface area contributed by atoms with E-state index < -0.39 is 40.5 Å². The summed E-state index contributed by atoms with van der Waals surface area (Å²) < 4.78 is 65.0. The minimum absolute atomic E-state index is 0.362. The third kappa shape index (κ3) is 3.18. The summed E-state index contributed by atoms with van der Waals surface area (Å²) in [6.07, 6.45) is -4.80. The van der Waals surface area contributed by atoms with Crippen molar-refractivity contribution in [3.63, 3.8) is 0 Å². The fourth-order valence-corrected chi connectivity index (χ4v) is 1.79. The zero-order chi connectivity index (χ0) is 15.8. The summed E-state index contributed by atoms with van der Waals surface area (Å²) in [5, 5.41) is 8.84. The van der Waals surface area contributed by atoms with Crippen LogP contribution in [0.2, 0.25) is 0 Å². The Bertz CT molecular complexity index is 707. The number of benzene rings is 2. The molecular weight excluding hydrogens is 295 g/mol. The van der Waals surface area contributed by atoms with E-state index in [1.54, 1.807) is 0 Å². The van der Waals surface area contributed by atoms with Gasteiger partial charge in [0.05, 0.1) is 11.1 Å². The number of carboxylic acids is 1. The lowest BCUT2D eigenvalue weighted by atomic mass is 9.99. The van der Waals surface area contributed by atoms with Crippen LogP contribution in [-0.4, -0.2) is 11.1 Å². The third-order valence-corrected chi connectivity index (χ3v) is 2.75. The molecule has 2 aromatic carbocycles. The normalized spacial score (nSPS) is 11.5. The third-order valence-electron chi connectivity index (χ3n) is 2.75. The van der Waals surface area contributed by atoms with E-state index in [4.69, 9.17) is 5.11 Å². The smallest absolute Gasteiger partial charge is 0.416 e. The Balaban J connectivity index is 2.71. The maximum atomic E-state index is 13.6. The highest BCUT2D eigenvalue weighted by Gasteiger charge is 2.32. The summed E-state index contributed by atoms with van der Waals surface area (Å²) in [7, 11) is 0. The van der Waals surface area contributed by atoms with Crippen molar-refractivity contribution in [1.29, 1.82) is 0 Å². The molecule has 2 aromatic rings. The van der Waals surface area contributed by atoms with Crippen molar-refractivity contribution in [2.75, 3.05) is 0 Å². The highest BCUT2D eigenvalue weighted by Crippen LogP contribution is 2.34. The Morgan fingerprint density at radius 1 is 1.00 bits per heavy atom. The van der Waals surface area contributed by atoms with E-state index in [0.29, 0.717) is 18.2 Å². The van der Waals surface area contributed by atoms with Crippen LogP contribution in [0.25, 0.3) is 11.1 Å². The van der Waals surface area contributed by atoms with Gasteiger partial charge in [-0.15, -0.1) is 0 Å². The van der Waals surface area contributed by atoms with E-state index in [9.17, 15) is 26.7 Å². The molecule has 0 saturated heterocycles. The van der Waals surface area contributed by atoms with Gasteiger partial charge in [0.25, 0.3) is 0 Å². The van der Waals surface area contributed by atoms with Crippen molar-refractivity contribution >= 4 is 5.97 Å². The molecule has 1 N–H and O–H groups in total. The molecular formula is C14H7F5O2. The first-order valence-corrected chi connectivity index (χ1v) is 5.59. The molecule has 2 nitrogen and oxygen atoms in total. The van der Waals surface area contributed by atoms with Crippen molar-refractivity contribution in [3.05, 3.63) is 59.2 Å². The quantitative estimate of drug-likeness (QED) is 0.837. The summed E-state index contributed by atoms with van der Waals surface area (Å²) in [6, 6.07) is 4.13. The van der Waals surface area contributed by atoms with E-state index in [-0.39, 0.29) is 5.56 Å². The molecule has 0 heterocycles. The van der Waals surface area contributed by atoms with Gasteiger partial charge in [-0.25, -0.2) is 13.6 Å². The zero-order valence-electron chi connectivity index (χ0n) is 10.2. The van der Waals surface area contributed by atoms with Gasteiger partial charge in [0.15, 0.2) is 0 Å². The van der Waals surface area contributed by atoms with Crippen molar-refractivity contribution in [2.24, 2.45) is 0 Å². The lowest BCUT2D eigenvalue weighted by Crippen LogP contribution is -2.08. The summed E-state index contributed by atoms with van der Waals surface area (Å²) in [5.74, 6) is -3.40. The monoisotopic (exact) mass is 302 g/mol. The van der Waals surface area contributed by atoms with Crippen LogP contribution in [0.1, 0.15) is 15.9 Å². The number of hydrogen-bond acceptors (Lipinski definition) is 1. The van der Waals surface area contributed by atoms with Crippen LogP contribution < -0.4 is 0 Å². The fraction of sp³-hybridized carbons (Fsp3) is 0.0714. The van der Waals surface area contributed by atoms with Gasteiger partial charge in [-0.2, -0.15) is 13.2 Å². The van der Waals surface area contributed by atoms with Crippen LogP contribution in [0.3, 0.4) is 0 Å². The Morgan fingerprint density at radius 2 is 1.67 bits per heavy atom. The van der Waals surface area contributed by atoms with Crippen LogP contribution in [0.4, 0.5) is 22.0 Å². The van der Waals surface area contributed by atoms with Gasteiger partial charge in [-0.05, 0) is 42.0 Å². The van der Waals surface area contributed by atoms with Crippen molar-refractivity contribution in [2.45, 2.75) is 6.18 Å². The highest BCUT2D eigenvalue weighted by molar-refractivity contribution is 5.90. The molecule has 0 radical (unpaired) electrons. The number of carboxylic acid groups (broad SMARTS) is 1. The van der Waals surface area contributed by atoms with Crippen LogP contribution in [0.15, 0.2) is 36.4 Å². The van der Waals surface area contributed by atoms with E-state index in [1.165, 1.54) is 0 Å². The Kier molecular flexibility index (Phi) is 3.67. The second-order valence-corrected chi connectivity index (χ2v) is 4.23. The predicted octanol–water partition coefficient (Wildman–Crippen LogP) is 4.35. The summed E-state index contributed by atoms with van der Waals surface area (Å²) in [5.41, 5.74) is -2.72. The van der Waals surface area contributed by atoms with Crippen LogP contribution in [0, 0.1) is 11.6 Å². The standard InChI is InChI=1S/C14H7F5O2/c15-10-1-2-12(16)11(6-10)7-3-8(13(20)21)5-9(4-7)14(17,18)19/h1-6H,(H,20,21). The molecule has 7 heteroatoms. The number of halogens is 5. The molecule has 0 bridgehead atoms. The number of hydrogen-bond donors (Lipinski definition) is 1. The molecule has 0 spiro atoms. The number of aromatic carboxylic acids is 1. The highest BCUT2D eigenvalue weighted by atomic mass is 19.4. The summed E-state index contributed by atoms with van der Waals surface area (Å²) in [6.45, 7) is 0. The molecule has 110 valence electrons. The molecule has 0 fully saturated rings. The number of alkyl halides is 3. The molecule has 0 atom stereocenters. The van der Waals surface area contributed by atoms with E-state index in [0.717, 1.165) is 18.2 Å². The SMILES string of the molecule is O=C(O)c1cc(-c2cc(F)ccc2F)cc(C(F)(F)F)c1. The minimum Gasteiger partial charge on any atom is -0.478 e. The largest absolute Gasteiger partial charge is 0.478 e. The molecule has 0 amide bonds. The second-order valence-electron chi connectivity index (χ2n) is 4.23. The Labute approximate surface area is 115 Å². The van der Waals surface area contributed by atoms with Crippen molar-refractivity contribution in [1.82, 2.24) is 0 Å². The fourth-order valence-electron chi connectivity index (χ4n) is 1.79. The molecule has 0 aliphatic heterocycles. The lowest BCUT2D eigenvalue weighted by Gasteiger charge is -2.11. The topological polar surface area (TPSA) is 37.3 Å². The molecule has 0 aliphatic rings. The predicted molar refractivity (Wildman–Crippen MR) is 63.8 cm³/mol. The lowest BCUT2D eigenvalue weighted by molar-refractivity contribution is -0.137. The van der Waals surface area contributed by atoms with Crippen LogP contribution in [0.5, 0.6) is 0 Å². The van der Waals surface area contributed by atoms with Gasteiger partial charge in [-0.3, -0.25) is 0 Å². The number of rotatable bonds is 2. The van der Waals surface area contributed by atoms with Crippen LogP contribution >= 0.6 is 0 Å². The molecule has 0 aliphatic carbocycles. The van der Waals surface area contributed by atoms with Gasteiger partial charge < -0.3 is 5.11 Å². The van der Waals surface area contributed by atoms with E-state index in [1.807, 2.05) is 0 Å². The first kappa shape index (κ1) is 15.0. The maximum absolute atomic E-state index is 13.6. The minimum atomic E-state index is -4.80. The maximum Gasteiger partial charge on any atom is 0.416 e. The average Bonchev–Trinajstić information content (AvgIpc) is 2.40. The first-order chi connectivity index (χ1) is 9.68. The van der Waals surface area contributed by atoms with Crippen molar-refractivity contribution in [3.8, 4) is 11.1 Å². The number of carbonyl (C=O) groups is 1. The van der Waals surface area contributed by atoms with Gasteiger partial charge in [0, 0.05) is 5.56 Å². The Hall–Kier alpha value is -2.44. The first-order valence-electron chi connectivity index (χ1n) is 5.59. The molecule has 21 heavy (non-hydrogen) atoms. The molecule has 0 aromatic heterocycles. The molecule has 0 saturated carbocycles. The van der Waals surface area contributed by atoms with Gasteiger partial charge in [0.1, 0.15) is 11.6 Å². The second kappa shape index (κ2) is 5.16. The van der Waals surface area contributed by atoms with Crippen molar-refractivity contribution < 1.29 is 31.9 Å². The van der Waals surface area contributed by atoms with E-state index in [2.05, 4.69) is 0 Å². The summed E-state index contributed by atoms with van der Waals surface area (Å²) in [4.78, 5) is 10.9.